The van der Waals surface area contributed by atoms with Gasteiger partial charge in [0.05, 0.1) is 10.8 Å². The van der Waals surface area contributed by atoms with E-state index in [1.807, 2.05) is 62.4 Å². The lowest BCUT2D eigenvalue weighted by Gasteiger charge is -2.22. The second-order valence-corrected chi connectivity index (χ2v) is 8.81. The molecule has 0 bridgehead atoms. The number of thioether (sulfide) groups is 1. The molecule has 2 amide bonds. The average molecular weight is 397 g/mol. The van der Waals surface area contributed by atoms with Crippen LogP contribution < -0.4 is 5.32 Å². The molecule has 0 spiro atoms. The third-order valence-corrected chi connectivity index (χ3v) is 6.97. The number of thiophene rings is 1. The third kappa shape index (κ3) is 3.59. The number of fused-ring (bicyclic) bond motifs is 1. The maximum absolute atomic E-state index is 13.0. The van der Waals surface area contributed by atoms with Gasteiger partial charge in [0.1, 0.15) is 6.04 Å². The van der Waals surface area contributed by atoms with Crippen molar-refractivity contribution >= 4 is 50.7 Å². The van der Waals surface area contributed by atoms with Crippen molar-refractivity contribution in [2.75, 3.05) is 16.9 Å². The minimum atomic E-state index is -0.450. The predicted octanol–water partition coefficient (Wildman–Crippen LogP) is 4.67. The van der Waals surface area contributed by atoms with Gasteiger partial charge in [-0.25, -0.2) is 0 Å². The summed E-state index contributed by atoms with van der Waals surface area (Å²) in [6.45, 7) is 4.06. The third-order valence-electron chi connectivity index (χ3n) is 4.86. The Bertz CT molecular complexity index is 995. The molecule has 1 fully saturated rings. The lowest BCUT2D eigenvalue weighted by molar-refractivity contribution is -0.119. The van der Waals surface area contributed by atoms with Gasteiger partial charge < -0.3 is 10.2 Å². The van der Waals surface area contributed by atoms with E-state index in [2.05, 4.69) is 5.32 Å². The molecule has 0 aliphatic carbocycles. The zero-order valence-corrected chi connectivity index (χ0v) is 16.8. The minimum absolute atomic E-state index is 0.0681. The monoisotopic (exact) mass is 396 g/mol. The van der Waals surface area contributed by atoms with Crippen LogP contribution in [0.3, 0.4) is 0 Å². The number of aryl methyl sites for hydroxylation is 2. The zero-order chi connectivity index (χ0) is 19.0. The van der Waals surface area contributed by atoms with Gasteiger partial charge in [-0.1, -0.05) is 24.3 Å². The number of hydrogen-bond acceptors (Lipinski definition) is 4. The Kier molecular flexibility index (Phi) is 4.93. The number of anilines is 1. The van der Waals surface area contributed by atoms with Crippen molar-refractivity contribution in [1.29, 1.82) is 0 Å². The summed E-state index contributed by atoms with van der Waals surface area (Å²) >= 11 is 3.09. The molecule has 138 valence electrons. The smallest absolute Gasteiger partial charge is 0.265 e. The maximum Gasteiger partial charge on any atom is 0.265 e. The molecule has 2 aromatic carbocycles. The molecule has 1 aliphatic rings. The van der Waals surface area contributed by atoms with Gasteiger partial charge in [0.2, 0.25) is 5.91 Å². The van der Waals surface area contributed by atoms with E-state index >= 15 is 0 Å². The lowest BCUT2D eigenvalue weighted by Crippen LogP contribution is -2.44. The van der Waals surface area contributed by atoms with E-state index in [4.69, 9.17) is 0 Å². The van der Waals surface area contributed by atoms with E-state index in [-0.39, 0.29) is 11.8 Å². The number of benzene rings is 2. The molecule has 0 radical (unpaired) electrons. The summed E-state index contributed by atoms with van der Waals surface area (Å²) in [6.07, 6.45) is 0. The highest BCUT2D eigenvalue weighted by molar-refractivity contribution is 7.99. The molecule has 27 heavy (non-hydrogen) atoms. The van der Waals surface area contributed by atoms with Crippen molar-refractivity contribution in [2.45, 2.75) is 19.9 Å². The fourth-order valence-corrected chi connectivity index (χ4v) is 5.31. The fourth-order valence-electron chi connectivity index (χ4n) is 3.13. The van der Waals surface area contributed by atoms with Crippen LogP contribution in [0.4, 0.5) is 5.69 Å². The van der Waals surface area contributed by atoms with Gasteiger partial charge in [-0.3, -0.25) is 9.59 Å². The average Bonchev–Trinajstić information content (AvgIpc) is 3.31. The molecule has 4 nitrogen and oxygen atoms in total. The van der Waals surface area contributed by atoms with Crippen LogP contribution >= 0.6 is 23.1 Å². The van der Waals surface area contributed by atoms with Crippen LogP contribution in [0.25, 0.3) is 10.1 Å². The van der Waals surface area contributed by atoms with E-state index in [0.29, 0.717) is 16.5 Å². The van der Waals surface area contributed by atoms with Gasteiger partial charge in [0.25, 0.3) is 5.91 Å². The maximum atomic E-state index is 13.0. The van der Waals surface area contributed by atoms with Crippen molar-refractivity contribution < 1.29 is 9.59 Å². The molecule has 1 atom stereocenters. The normalized spacial score (nSPS) is 16.7. The number of amides is 2. The van der Waals surface area contributed by atoms with Crippen molar-refractivity contribution in [3.05, 3.63) is 64.5 Å². The van der Waals surface area contributed by atoms with Crippen LogP contribution in [-0.2, 0) is 4.79 Å². The molecular weight excluding hydrogens is 376 g/mol. The molecule has 6 heteroatoms. The number of carbonyl (C=O) groups excluding carboxylic acids is 2. The SMILES string of the molecule is Cc1ccc(NC(=O)C2CSCN2C(=O)c2cc3ccccc3s2)cc1C. The Morgan fingerprint density at radius 3 is 2.67 bits per heavy atom. The fraction of sp³-hybridized carbons (Fsp3) is 0.238. The summed E-state index contributed by atoms with van der Waals surface area (Å²) in [7, 11) is 0. The van der Waals surface area contributed by atoms with E-state index in [9.17, 15) is 9.59 Å². The quantitative estimate of drug-likeness (QED) is 0.700. The number of nitrogens with zero attached hydrogens (tertiary/aromatic N) is 1. The van der Waals surface area contributed by atoms with Gasteiger partial charge >= 0.3 is 0 Å². The summed E-state index contributed by atoms with van der Waals surface area (Å²) in [4.78, 5) is 28.2. The summed E-state index contributed by atoms with van der Waals surface area (Å²) in [5.74, 6) is 0.963. The predicted molar refractivity (Wildman–Crippen MR) is 114 cm³/mol. The van der Waals surface area contributed by atoms with Crippen LogP contribution in [0, 0.1) is 13.8 Å². The van der Waals surface area contributed by atoms with E-state index in [1.165, 1.54) is 16.9 Å². The first-order valence-corrected chi connectivity index (χ1v) is 10.8. The number of rotatable bonds is 3. The van der Waals surface area contributed by atoms with Crippen LogP contribution in [0.2, 0.25) is 0 Å². The number of hydrogen-bond donors (Lipinski definition) is 1. The molecule has 1 aliphatic heterocycles. The van der Waals surface area contributed by atoms with Crippen molar-refractivity contribution in [2.24, 2.45) is 0 Å². The first kappa shape index (κ1) is 18.1. The van der Waals surface area contributed by atoms with E-state index in [1.54, 1.807) is 16.7 Å². The Morgan fingerprint density at radius 2 is 1.89 bits per heavy atom. The van der Waals surface area contributed by atoms with Gasteiger partial charge in [-0.2, -0.15) is 0 Å². The topological polar surface area (TPSA) is 49.4 Å². The molecule has 1 unspecified atom stereocenters. The standard InChI is InChI=1S/C21H20N2O2S2/c1-13-7-8-16(9-14(13)2)22-20(24)17-11-26-12-23(17)21(25)19-10-15-5-3-4-6-18(15)27-19/h3-10,17H,11-12H2,1-2H3,(H,22,24). The Morgan fingerprint density at radius 1 is 1.07 bits per heavy atom. The second kappa shape index (κ2) is 7.37. The number of nitrogens with one attached hydrogen (secondary N) is 1. The van der Waals surface area contributed by atoms with Crippen LogP contribution in [0.1, 0.15) is 20.8 Å². The first-order chi connectivity index (χ1) is 13.0. The van der Waals surface area contributed by atoms with E-state index in [0.717, 1.165) is 21.3 Å². The van der Waals surface area contributed by atoms with Gasteiger partial charge in [-0.05, 0) is 54.6 Å². The highest BCUT2D eigenvalue weighted by Gasteiger charge is 2.35. The first-order valence-electron chi connectivity index (χ1n) is 8.78. The highest BCUT2D eigenvalue weighted by Crippen LogP contribution is 2.30. The Hall–Kier alpha value is -2.31. The summed E-state index contributed by atoms with van der Waals surface area (Å²) < 4.78 is 1.09. The van der Waals surface area contributed by atoms with Crippen molar-refractivity contribution in [1.82, 2.24) is 4.90 Å². The highest BCUT2D eigenvalue weighted by atomic mass is 32.2. The van der Waals surface area contributed by atoms with Gasteiger partial charge in [0, 0.05) is 16.1 Å². The Balaban J connectivity index is 1.53. The second-order valence-electron chi connectivity index (χ2n) is 6.73. The van der Waals surface area contributed by atoms with Gasteiger partial charge in [0.15, 0.2) is 0 Å². The van der Waals surface area contributed by atoms with Crippen molar-refractivity contribution in [3.8, 4) is 0 Å². The molecule has 0 saturated carbocycles. The number of carbonyl (C=O) groups is 2. The van der Waals surface area contributed by atoms with Crippen LogP contribution in [0.5, 0.6) is 0 Å². The van der Waals surface area contributed by atoms with Crippen LogP contribution in [0.15, 0.2) is 48.5 Å². The largest absolute Gasteiger partial charge is 0.324 e. The summed E-state index contributed by atoms with van der Waals surface area (Å²) in [5.41, 5.74) is 3.09. The molecule has 4 rings (SSSR count). The van der Waals surface area contributed by atoms with Crippen LogP contribution in [-0.4, -0.2) is 34.4 Å². The molecule has 1 N–H and O–H groups in total. The molecule has 1 saturated heterocycles. The van der Waals surface area contributed by atoms with Crippen molar-refractivity contribution in [3.63, 3.8) is 0 Å². The molecule has 2 heterocycles. The Labute approximate surface area is 166 Å². The summed E-state index contributed by atoms with van der Waals surface area (Å²) in [5, 5.41) is 4.04. The van der Waals surface area contributed by atoms with Gasteiger partial charge in [-0.15, -0.1) is 23.1 Å². The van der Waals surface area contributed by atoms with E-state index < -0.39 is 6.04 Å². The molecule has 1 aromatic heterocycles. The summed E-state index contributed by atoms with van der Waals surface area (Å²) in [6, 6.07) is 15.3. The lowest BCUT2D eigenvalue weighted by atomic mass is 10.1. The minimum Gasteiger partial charge on any atom is -0.324 e. The molecular formula is C21H20N2O2S2. The molecule has 3 aromatic rings. The zero-order valence-electron chi connectivity index (χ0n) is 15.2.